The first-order valence-corrected chi connectivity index (χ1v) is 10.5. The number of hydrogen-bond donors (Lipinski definition) is 0. The highest BCUT2D eigenvalue weighted by Crippen LogP contribution is 2.34. The minimum absolute atomic E-state index is 0.316. The molecule has 0 fully saturated rings. The van der Waals surface area contributed by atoms with Crippen LogP contribution in [-0.4, -0.2) is 25.8 Å². The third-order valence-electron chi connectivity index (χ3n) is 4.47. The van der Waals surface area contributed by atoms with Gasteiger partial charge in [-0.05, 0) is 48.5 Å². The van der Waals surface area contributed by atoms with Crippen LogP contribution in [0.1, 0.15) is 13.8 Å². The second-order valence-corrected chi connectivity index (χ2v) is 8.03. The summed E-state index contributed by atoms with van der Waals surface area (Å²) in [6, 6.07) is 27.1. The van der Waals surface area contributed by atoms with Crippen LogP contribution in [0, 0.1) is 0 Å². The van der Waals surface area contributed by atoms with Crippen LogP contribution in [0.5, 0.6) is 0 Å². The van der Waals surface area contributed by atoms with Crippen molar-refractivity contribution in [2.45, 2.75) is 18.7 Å². The Morgan fingerprint density at radius 1 is 0.630 bits per heavy atom. The predicted molar refractivity (Wildman–Crippen MR) is 111 cm³/mol. The van der Waals surface area contributed by atoms with Crippen molar-refractivity contribution >= 4 is 27.1 Å². The fraction of sp³-hybridized carbons (Fsp3) is 0.182. The molecule has 0 aliphatic rings. The van der Waals surface area contributed by atoms with E-state index in [1.54, 1.807) is 12.1 Å². The summed E-state index contributed by atoms with van der Waals surface area (Å²) in [6.07, 6.45) is 0. The van der Waals surface area contributed by atoms with Crippen molar-refractivity contribution < 1.29 is 8.42 Å². The Hall–Kier alpha value is -2.63. The molecule has 0 aliphatic heterocycles. The van der Waals surface area contributed by atoms with E-state index in [4.69, 9.17) is 0 Å². The molecule has 0 saturated carbocycles. The summed E-state index contributed by atoms with van der Waals surface area (Å²) in [7, 11) is -3.46. The molecular formula is C22H24N2O2S. The van der Waals surface area contributed by atoms with Gasteiger partial charge in [0.1, 0.15) is 0 Å². The van der Waals surface area contributed by atoms with Crippen molar-refractivity contribution in [3.05, 3.63) is 84.9 Å². The monoisotopic (exact) mass is 380 g/mol. The van der Waals surface area contributed by atoms with Crippen molar-refractivity contribution in [3.63, 3.8) is 0 Å². The molecule has 3 aromatic carbocycles. The molecule has 0 radical (unpaired) electrons. The molecule has 0 amide bonds. The molecule has 0 heterocycles. The first-order chi connectivity index (χ1) is 13.1. The van der Waals surface area contributed by atoms with Crippen LogP contribution >= 0.6 is 0 Å². The highest BCUT2D eigenvalue weighted by atomic mass is 32.2. The maximum atomic E-state index is 12.7. The zero-order valence-electron chi connectivity index (χ0n) is 15.6. The van der Waals surface area contributed by atoms with Gasteiger partial charge in [-0.3, -0.25) is 0 Å². The van der Waals surface area contributed by atoms with Crippen molar-refractivity contribution in [2.24, 2.45) is 0 Å². The van der Waals surface area contributed by atoms with E-state index in [9.17, 15) is 8.42 Å². The topological polar surface area (TPSA) is 40.6 Å². The molecule has 0 spiro atoms. The molecule has 0 atom stereocenters. The van der Waals surface area contributed by atoms with Gasteiger partial charge < -0.3 is 4.90 Å². The third kappa shape index (κ3) is 4.04. The normalized spacial score (nSPS) is 11.5. The summed E-state index contributed by atoms with van der Waals surface area (Å²) in [4.78, 5) is 2.42. The summed E-state index contributed by atoms with van der Waals surface area (Å²) in [6.45, 7) is 4.62. The lowest BCUT2D eigenvalue weighted by atomic mass is 10.2. The van der Waals surface area contributed by atoms with Gasteiger partial charge in [-0.15, -0.1) is 0 Å². The van der Waals surface area contributed by atoms with E-state index in [0.717, 1.165) is 17.1 Å². The Labute approximate surface area is 161 Å². The van der Waals surface area contributed by atoms with Gasteiger partial charge in [0.25, 0.3) is 0 Å². The lowest BCUT2D eigenvalue weighted by Crippen LogP contribution is -2.30. The molecular weight excluding hydrogens is 356 g/mol. The van der Waals surface area contributed by atoms with Crippen LogP contribution in [0.4, 0.5) is 17.1 Å². The molecule has 4 nitrogen and oxygen atoms in total. The molecule has 27 heavy (non-hydrogen) atoms. The van der Waals surface area contributed by atoms with Crippen LogP contribution in [0.15, 0.2) is 89.8 Å². The highest BCUT2D eigenvalue weighted by molar-refractivity contribution is 7.89. The maximum Gasteiger partial charge on any atom is 0.243 e. The molecule has 140 valence electrons. The average Bonchev–Trinajstić information content (AvgIpc) is 2.71. The molecule has 5 heteroatoms. The van der Waals surface area contributed by atoms with Gasteiger partial charge in [0.15, 0.2) is 0 Å². The van der Waals surface area contributed by atoms with Gasteiger partial charge in [-0.25, -0.2) is 8.42 Å². The Kier molecular flexibility index (Phi) is 5.94. The Balaban J connectivity index is 2.02. The standard InChI is InChI=1S/C22H24N2O2S/c1-3-23(4-2)27(25,26)22-17-15-21(16-18-22)24(19-11-7-5-8-12-19)20-13-9-6-10-14-20/h5-18H,3-4H2,1-2H3. The smallest absolute Gasteiger partial charge is 0.243 e. The average molecular weight is 381 g/mol. The van der Waals surface area contributed by atoms with E-state index in [-0.39, 0.29) is 0 Å². The predicted octanol–water partition coefficient (Wildman–Crippen LogP) is 5.19. The minimum atomic E-state index is -3.46. The second-order valence-electron chi connectivity index (χ2n) is 6.09. The second kappa shape index (κ2) is 8.37. The molecule has 0 unspecified atom stereocenters. The minimum Gasteiger partial charge on any atom is -0.311 e. The number of nitrogens with zero attached hydrogens (tertiary/aromatic N) is 2. The van der Waals surface area contributed by atoms with E-state index >= 15 is 0 Å². The lowest BCUT2D eigenvalue weighted by Gasteiger charge is -2.26. The van der Waals surface area contributed by atoms with Crippen LogP contribution in [0.25, 0.3) is 0 Å². The molecule has 0 bridgehead atoms. The first-order valence-electron chi connectivity index (χ1n) is 9.08. The largest absolute Gasteiger partial charge is 0.311 e. The van der Waals surface area contributed by atoms with Crippen LogP contribution < -0.4 is 4.90 Å². The van der Waals surface area contributed by atoms with Crippen LogP contribution in [0.3, 0.4) is 0 Å². The molecule has 0 aliphatic carbocycles. The number of para-hydroxylation sites is 2. The van der Waals surface area contributed by atoms with Crippen molar-refractivity contribution in [1.82, 2.24) is 4.31 Å². The number of sulfonamides is 1. The molecule has 3 rings (SSSR count). The van der Waals surface area contributed by atoms with Gasteiger partial charge in [-0.1, -0.05) is 50.2 Å². The van der Waals surface area contributed by atoms with Gasteiger partial charge in [0.05, 0.1) is 4.90 Å². The lowest BCUT2D eigenvalue weighted by molar-refractivity contribution is 0.445. The molecule has 3 aromatic rings. The summed E-state index contributed by atoms with van der Waals surface area (Å²) in [5.74, 6) is 0. The fourth-order valence-electron chi connectivity index (χ4n) is 3.08. The summed E-state index contributed by atoms with van der Waals surface area (Å²) in [5.41, 5.74) is 2.94. The van der Waals surface area contributed by atoms with Crippen LogP contribution in [-0.2, 0) is 10.0 Å². The summed E-state index contributed by atoms with van der Waals surface area (Å²) < 4.78 is 26.9. The van der Waals surface area contributed by atoms with Gasteiger partial charge in [0, 0.05) is 30.2 Å². The van der Waals surface area contributed by atoms with Crippen molar-refractivity contribution in [2.75, 3.05) is 18.0 Å². The molecule has 0 saturated heterocycles. The van der Waals surface area contributed by atoms with Crippen molar-refractivity contribution in [3.8, 4) is 0 Å². The molecule has 0 aromatic heterocycles. The maximum absolute atomic E-state index is 12.7. The SMILES string of the molecule is CCN(CC)S(=O)(=O)c1ccc(N(c2ccccc2)c2ccccc2)cc1. The Morgan fingerprint density at radius 2 is 1.04 bits per heavy atom. The van der Waals surface area contributed by atoms with E-state index in [1.165, 1.54) is 4.31 Å². The number of anilines is 3. The number of benzene rings is 3. The zero-order chi connectivity index (χ0) is 19.3. The van der Waals surface area contributed by atoms with E-state index in [0.29, 0.717) is 18.0 Å². The van der Waals surface area contributed by atoms with E-state index in [2.05, 4.69) is 4.90 Å². The van der Waals surface area contributed by atoms with Gasteiger partial charge >= 0.3 is 0 Å². The van der Waals surface area contributed by atoms with Crippen molar-refractivity contribution in [1.29, 1.82) is 0 Å². The van der Waals surface area contributed by atoms with E-state index in [1.807, 2.05) is 86.6 Å². The molecule has 0 N–H and O–H groups in total. The van der Waals surface area contributed by atoms with E-state index < -0.39 is 10.0 Å². The number of hydrogen-bond acceptors (Lipinski definition) is 3. The Bertz CT molecular complexity index is 913. The Morgan fingerprint density at radius 3 is 1.44 bits per heavy atom. The summed E-state index contributed by atoms with van der Waals surface area (Å²) in [5, 5.41) is 0. The first kappa shape index (κ1) is 19.1. The fourth-order valence-corrected chi connectivity index (χ4v) is 4.54. The highest BCUT2D eigenvalue weighted by Gasteiger charge is 2.22. The third-order valence-corrected chi connectivity index (χ3v) is 6.53. The number of rotatable bonds is 7. The van der Waals surface area contributed by atoms with Crippen LogP contribution in [0.2, 0.25) is 0 Å². The zero-order valence-corrected chi connectivity index (χ0v) is 16.4. The van der Waals surface area contributed by atoms with Gasteiger partial charge in [-0.2, -0.15) is 4.31 Å². The quantitative estimate of drug-likeness (QED) is 0.566. The van der Waals surface area contributed by atoms with Gasteiger partial charge in [0.2, 0.25) is 10.0 Å². The summed E-state index contributed by atoms with van der Waals surface area (Å²) >= 11 is 0.